The summed E-state index contributed by atoms with van der Waals surface area (Å²) >= 11 is 1.57. The Kier molecular flexibility index (Phi) is 4.41. The molecule has 0 aliphatic carbocycles. The summed E-state index contributed by atoms with van der Waals surface area (Å²) in [7, 11) is 1.97. The lowest BCUT2D eigenvalue weighted by molar-refractivity contribution is 0.239. The van der Waals surface area contributed by atoms with Crippen molar-refractivity contribution in [2.75, 3.05) is 13.6 Å². The van der Waals surface area contributed by atoms with Crippen molar-refractivity contribution in [3.63, 3.8) is 0 Å². The van der Waals surface area contributed by atoms with E-state index in [0.29, 0.717) is 13.1 Å². The number of hydrogen-bond donors (Lipinski definition) is 1. The van der Waals surface area contributed by atoms with Crippen molar-refractivity contribution in [3.8, 4) is 0 Å². The highest BCUT2D eigenvalue weighted by molar-refractivity contribution is 7.07. The lowest BCUT2D eigenvalue weighted by Gasteiger charge is -2.26. The third-order valence-corrected chi connectivity index (χ3v) is 3.52. The monoisotopic (exact) mass is 265 g/mol. The molecule has 5 heteroatoms. The van der Waals surface area contributed by atoms with Gasteiger partial charge in [-0.05, 0) is 24.7 Å². The molecular formula is C13H16FN3S. The van der Waals surface area contributed by atoms with Gasteiger partial charge in [0.2, 0.25) is 0 Å². The Balaban J connectivity index is 2.12. The number of aromatic nitrogens is 1. The van der Waals surface area contributed by atoms with Gasteiger partial charge in [-0.15, -0.1) is 11.3 Å². The van der Waals surface area contributed by atoms with Crippen LogP contribution in [-0.2, 0) is 6.54 Å². The molecule has 0 saturated carbocycles. The van der Waals surface area contributed by atoms with E-state index in [-0.39, 0.29) is 11.9 Å². The van der Waals surface area contributed by atoms with Crippen LogP contribution in [0, 0.1) is 5.82 Å². The minimum absolute atomic E-state index is 0.00222. The molecule has 2 rings (SSSR count). The first-order chi connectivity index (χ1) is 8.70. The van der Waals surface area contributed by atoms with Gasteiger partial charge in [0.15, 0.2) is 0 Å². The third kappa shape index (κ3) is 3.13. The first-order valence-electron chi connectivity index (χ1n) is 5.73. The SMILES string of the molecule is CN(Cc1cscn1)C(CN)c1cccc(F)c1. The van der Waals surface area contributed by atoms with E-state index in [1.807, 2.05) is 24.0 Å². The van der Waals surface area contributed by atoms with Gasteiger partial charge in [0.05, 0.1) is 11.2 Å². The molecule has 0 aliphatic rings. The molecule has 0 aliphatic heterocycles. The predicted molar refractivity (Wildman–Crippen MR) is 71.8 cm³/mol. The minimum Gasteiger partial charge on any atom is -0.329 e. The van der Waals surface area contributed by atoms with E-state index in [1.165, 1.54) is 12.1 Å². The van der Waals surface area contributed by atoms with Gasteiger partial charge in [0.1, 0.15) is 5.82 Å². The van der Waals surface area contributed by atoms with E-state index in [9.17, 15) is 4.39 Å². The minimum atomic E-state index is -0.229. The van der Waals surface area contributed by atoms with Gasteiger partial charge in [-0.25, -0.2) is 9.37 Å². The highest BCUT2D eigenvalue weighted by Gasteiger charge is 2.16. The van der Waals surface area contributed by atoms with Crippen molar-refractivity contribution in [1.29, 1.82) is 0 Å². The first kappa shape index (κ1) is 13.1. The van der Waals surface area contributed by atoms with Crippen molar-refractivity contribution in [2.24, 2.45) is 5.73 Å². The molecule has 0 amide bonds. The molecule has 2 aromatic rings. The summed E-state index contributed by atoms with van der Waals surface area (Å²) in [5, 5.41) is 2.01. The zero-order chi connectivity index (χ0) is 13.0. The number of halogens is 1. The Bertz CT molecular complexity index is 487. The average Bonchev–Trinajstić information content (AvgIpc) is 2.83. The highest BCUT2D eigenvalue weighted by Crippen LogP contribution is 2.20. The molecule has 2 N–H and O–H groups in total. The Hall–Kier alpha value is -1.30. The standard InChI is InChI=1S/C13H16FN3S/c1-17(7-12-8-18-9-16-12)13(6-15)10-3-2-4-11(14)5-10/h2-5,8-9,13H,6-7,15H2,1H3. The normalized spacial score (nSPS) is 12.9. The summed E-state index contributed by atoms with van der Waals surface area (Å²) in [6.45, 7) is 1.16. The molecule has 0 bridgehead atoms. The molecule has 0 fully saturated rings. The lowest BCUT2D eigenvalue weighted by atomic mass is 10.1. The van der Waals surface area contributed by atoms with Crippen LogP contribution < -0.4 is 5.73 Å². The van der Waals surface area contributed by atoms with Gasteiger partial charge in [0, 0.05) is 24.5 Å². The fourth-order valence-corrected chi connectivity index (χ4v) is 2.52. The number of nitrogens with two attached hydrogens (primary N) is 1. The van der Waals surface area contributed by atoms with Gasteiger partial charge in [-0.1, -0.05) is 12.1 Å². The molecule has 1 aromatic carbocycles. The molecule has 1 unspecified atom stereocenters. The second-order valence-corrected chi connectivity index (χ2v) is 4.92. The summed E-state index contributed by atoms with van der Waals surface area (Å²) in [6, 6.07) is 6.59. The second-order valence-electron chi connectivity index (χ2n) is 4.20. The number of nitrogens with zero attached hydrogens (tertiary/aromatic N) is 2. The van der Waals surface area contributed by atoms with Crippen LogP contribution >= 0.6 is 11.3 Å². The van der Waals surface area contributed by atoms with E-state index in [1.54, 1.807) is 17.4 Å². The fourth-order valence-electron chi connectivity index (χ4n) is 1.97. The topological polar surface area (TPSA) is 42.2 Å². The van der Waals surface area contributed by atoms with Crippen LogP contribution in [0.25, 0.3) is 0 Å². The Morgan fingerprint density at radius 3 is 2.94 bits per heavy atom. The van der Waals surface area contributed by atoms with Crippen LogP contribution in [0.1, 0.15) is 17.3 Å². The number of likely N-dealkylation sites (N-methyl/N-ethyl adjacent to an activating group) is 1. The average molecular weight is 265 g/mol. The second kappa shape index (κ2) is 6.04. The maximum atomic E-state index is 13.2. The summed E-state index contributed by atoms with van der Waals surface area (Å²) in [4.78, 5) is 6.33. The van der Waals surface area contributed by atoms with Gasteiger partial charge in [-0.2, -0.15) is 0 Å². The van der Waals surface area contributed by atoms with Crippen molar-refractivity contribution in [2.45, 2.75) is 12.6 Å². The van der Waals surface area contributed by atoms with Crippen LogP contribution in [0.2, 0.25) is 0 Å². The Labute approximate surface area is 110 Å². The smallest absolute Gasteiger partial charge is 0.123 e. The zero-order valence-electron chi connectivity index (χ0n) is 10.2. The Morgan fingerprint density at radius 2 is 2.33 bits per heavy atom. The summed E-state index contributed by atoms with van der Waals surface area (Å²) in [5.41, 5.74) is 9.52. The van der Waals surface area contributed by atoms with E-state index in [4.69, 9.17) is 5.73 Å². The number of thiazole rings is 1. The van der Waals surface area contributed by atoms with E-state index in [2.05, 4.69) is 9.88 Å². The third-order valence-electron chi connectivity index (χ3n) is 2.88. The molecule has 96 valence electrons. The number of hydrogen-bond acceptors (Lipinski definition) is 4. The first-order valence-corrected chi connectivity index (χ1v) is 6.68. The largest absolute Gasteiger partial charge is 0.329 e. The van der Waals surface area contributed by atoms with Gasteiger partial charge < -0.3 is 5.73 Å². The molecule has 1 atom stereocenters. The van der Waals surface area contributed by atoms with E-state index in [0.717, 1.165) is 11.3 Å². The molecule has 3 nitrogen and oxygen atoms in total. The van der Waals surface area contributed by atoms with Crippen molar-refractivity contribution in [3.05, 3.63) is 52.2 Å². The van der Waals surface area contributed by atoms with Gasteiger partial charge in [-0.3, -0.25) is 4.90 Å². The number of benzene rings is 1. The highest BCUT2D eigenvalue weighted by atomic mass is 32.1. The van der Waals surface area contributed by atoms with Crippen molar-refractivity contribution < 1.29 is 4.39 Å². The molecule has 18 heavy (non-hydrogen) atoms. The summed E-state index contributed by atoms with van der Waals surface area (Å²) in [5.74, 6) is -0.229. The van der Waals surface area contributed by atoms with Crippen molar-refractivity contribution >= 4 is 11.3 Å². The summed E-state index contributed by atoms with van der Waals surface area (Å²) < 4.78 is 13.2. The zero-order valence-corrected chi connectivity index (χ0v) is 11.0. The maximum Gasteiger partial charge on any atom is 0.123 e. The quantitative estimate of drug-likeness (QED) is 0.902. The number of rotatable bonds is 5. The maximum absolute atomic E-state index is 13.2. The van der Waals surface area contributed by atoms with Crippen LogP contribution in [0.15, 0.2) is 35.2 Å². The van der Waals surface area contributed by atoms with Crippen LogP contribution in [0.5, 0.6) is 0 Å². The Morgan fingerprint density at radius 1 is 1.50 bits per heavy atom. The fraction of sp³-hybridized carbons (Fsp3) is 0.308. The van der Waals surface area contributed by atoms with Gasteiger partial charge >= 0.3 is 0 Å². The molecular weight excluding hydrogens is 249 g/mol. The van der Waals surface area contributed by atoms with Crippen LogP contribution in [0.3, 0.4) is 0 Å². The van der Waals surface area contributed by atoms with Crippen LogP contribution in [-0.4, -0.2) is 23.5 Å². The molecule has 0 spiro atoms. The molecule has 1 aromatic heterocycles. The van der Waals surface area contributed by atoms with E-state index >= 15 is 0 Å². The van der Waals surface area contributed by atoms with E-state index < -0.39 is 0 Å². The van der Waals surface area contributed by atoms with Crippen LogP contribution in [0.4, 0.5) is 4.39 Å². The molecule has 1 heterocycles. The summed E-state index contributed by atoms with van der Waals surface area (Å²) in [6.07, 6.45) is 0. The van der Waals surface area contributed by atoms with Gasteiger partial charge in [0.25, 0.3) is 0 Å². The lowest BCUT2D eigenvalue weighted by Crippen LogP contribution is -2.30. The predicted octanol–water partition coefficient (Wildman–Crippen LogP) is 2.41. The molecule has 0 radical (unpaired) electrons. The van der Waals surface area contributed by atoms with Crippen molar-refractivity contribution in [1.82, 2.24) is 9.88 Å². The molecule has 0 saturated heterocycles.